The van der Waals surface area contributed by atoms with Gasteiger partial charge >= 0.3 is 0 Å². The lowest BCUT2D eigenvalue weighted by Gasteiger charge is -2.05. The van der Waals surface area contributed by atoms with Crippen LogP contribution in [-0.2, 0) is 0 Å². The molecule has 0 atom stereocenters. The largest absolute Gasteiger partial charge is 0.508 e. The van der Waals surface area contributed by atoms with Crippen LogP contribution >= 0.6 is 23.5 Å². The first kappa shape index (κ1) is 9.81. The third kappa shape index (κ3) is 2.35. The SMILES string of the molecule is CCSc1cc(O)ccc1SC. The number of phenolic OH excluding ortho intramolecular Hbond substituents is 1. The zero-order valence-electron chi connectivity index (χ0n) is 7.20. The second-order valence-electron chi connectivity index (χ2n) is 2.27. The first-order chi connectivity index (χ1) is 5.77. The molecule has 0 saturated heterocycles. The van der Waals surface area contributed by atoms with Crippen molar-refractivity contribution in [1.29, 1.82) is 0 Å². The van der Waals surface area contributed by atoms with E-state index in [2.05, 4.69) is 6.92 Å². The highest BCUT2D eigenvalue weighted by Crippen LogP contribution is 2.32. The topological polar surface area (TPSA) is 20.2 Å². The van der Waals surface area contributed by atoms with Crippen LogP contribution in [0.2, 0.25) is 0 Å². The summed E-state index contributed by atoms with van der Waals surface area (Å²) in [5.41, 5.74) is 0. The number of aromatic hydroxyl groups is 1. The Labute approximate surface area is 81.6 Å². The molecule has 1 aromatic carbocycles. The van der Waals surface area contributed by atoms with Crippen LogP contribution in [0.15, 0.2) is 28.0 Å². The highest BCUT2D eigenvalue weighted by molar-refractivity contribution is 8.02. The average Bonchev–Trinajstić information content (AvgIpc) is 2.05. The van der Waals surface area contributed by atoms with E-state index in [1.54, 1.807) is 29.6 Å². The van der Waals surface area contributed by atoms with Crippen molar-refractivity contribution in [2.24, 2.45) is 0 Å². The lowest BCUT2D eigenvalue weighted by molar-refractivity contribution is 0.473. The summed E-state index contributed by atoms with van der Waals surface area (Å²) in [5, 5.41) is 9.24. The van der Waals surface area contributed by atoms with E-state index in [4.69, 9.17) is 0 Å². The van der Waals surface area contributed by atoms with Crippen LogP contribution in [0.25, 0.3) is 0 Å². The van der Waals surface area contributed by atoms with Gasteiger partial charge in [0.1, 0.15) is 5.75 Å². The fourth-order valence-electron chi connectivity index (χ4n) is 0.934. The molecule has 0 aliphatic rings. The van der Waals surface area contributed by atoms with Gasteiger partial charge in [0.15, 0.2) is 0 Å². The van der Waals surface area contributed by atoms with E-state index in [0.717, 1.165) is 5.75 Å². The Kier molecular flexibility index (Phi) is 3.82. The van der Waals surface area contributed by atoms with Crippen LogP contribution in [0.1, 0.15) is 6.92 Å². The smallest absolute Gasteiger partial charge is 0.116 e. The quantitative estimate of drug-likeness (QED) is 0.756. The number of hydrogen-bond acceptors (Lipinski definition) is 3. The van der Waals surface area contributed by atoms with Crippen molar-refractivity contribution in [1.82, 2.24) is 0 Å². The maximum Gasteiger partial charge on any atom is 0.116 e. The van der Waals surface area contributed by atoms with Gasteiger partial charge in [-0.15, -0.1) is 23.5 Å². The molecule has 0 aliphatic carbocycles. The number of phenols is 1. The Morgan fingerprint density at radius 1 is 1.33 bits per heavy atom. The Balaban J connectivity index is 2.95. The molecule has 0 fully saturated rings. The van der Waals surface area contributed by atoms with Gasteiger partial charge in [0.25, 0.3) is 0 Å². The normalized spacial score (nSPS) is 10.2. The van der Waals surface area contributed by atoms with Crippen molar-refractivity contribution < 1.29 is 5.11 Å². The van der Waals surface area contributed by atoms with Gasteiger partial charge in [-0.05, 0) is 30.2 Å². The molecule has 0 radical (unpaired) electrons. The molecule has 0 spiro atoms. The zero-order chi connectivity index (χ0) is 8.97. The summed E-state index contributed by atoms with van der Waals surface area (Å²) in [6, 6.07) is 5.50. The van der Waals surface area contributed by atoms with Crippen LogP contribution in [-0.4, -0.2) is 17.1 Å². The summed E-state index contributed by atoms with van der Waals surface area (Å²) in [6.45, 7) is 2.11. The van der Waals surface area contributed by atoms with Gasteiger partial charge < -0.3 is 5.11 Å². The lowest BCUT2D eigenvalue weighted by atomic mass is 10.3. The third-order valence-corrected chi connectivity index (χ3v) is 3.31. The van der Waals surface area contributed by atoms with Crippen molar-refractivity contribution in [3.05, 3.63) is 18.2 Å². The van der Waals surface area contributed by atoms with E-state index >= 15 is 0 Å². The van der Waals surface area contributed by atoms with E-state index in [9.17, 15) is 5.11 Å². The van der Waals surface area contributed by atoms with Crippen LogP contribution in [0.4, 0.5) is 0 Å². The summed E-state index contributed by atoms with van der Waals surface area (Å²) in [5.74, 6) is 1.39. The first-order valence-corrected chi connectivity index (χ1v) is 5.98. The highest BCUT2D eigenvalue weighted by atomic mass is 32.2. The Bertz CT molecular complexity index is 261. The molecule has 0 heterocycles. The van der Waals surface area contributed by atoms with Crippen molar-refractivity contribution >= 4 is 23.5 Å². The minimum absolute atomic E-state index is 0.351. The standard InChI is InChI=1S/C9H12OS2/c1-3-12-9-6-7(10)4-5-8(9)11-2/h4-6,10H,3H2,1-2H3. The lowest BCUT2D eigenvalue weighted by Crippen LogP contribution is -1.78. The maximum atomic E-state index is 9.24. The first-order valence-electron chi connectivity index (χ1n) is 3.77. The summed E-state index contributed by atoms with van der Waals surface area (Å²) < 4.78 is 0. The zero-order valence-corrected chi connectivity index (χ0v) is 8.84. The number of hydrogen-bond donors (Lipinski definition) is 1. The second-order valence-corrected chi connectivity index (χ2v) is 4.42. The second kappa shape index (κ2) is 4.67. The summed E-state index contributed by atoms with van der Waals surface area (Å²) in [6.07, 6.45) is 2.05. The molecule has 0 bridgehead atoms. The molecule has 0 aromatic heterocycles. The van der Waals surface area contributed by atoms with Crippen LogP contribution < -0.4 is 0 Å². The predicted molar refractivity (Wildman–Crippen MR) is 56.3 cm³/mol. The third-order valence-electron chi connectivity index (χ3n) is 1.45. The Morgan fingerprint density at radius 2 is 2.08 bits per heavy atom. The fraction of sp³-hybridized carbons (Fsp3) is 0.333. The van der Waals surface area contributed by atoms with Gasteiger partial charge in [-0.3, -0.25) is 0 Å². The van der Waals surface area contributed by atoms with Crippen LogP contribution in [0, 0.1) is 0 Å². The number of rotatable bonds is 3. The molecule has 3 heteroatoms. The molecule has 1 aromatic rings. The van der Waals surface area contributed by atoms with E-state index in [-0.39, 0.29) is 0 Å². The molecular weight excluding hydrogens is 188 g/mol. The molecule has 0 unspecified atom stereocenters. The van der Waals surface area contributed by atoms with E-state index in [1.165, 1.54) is 9.79 Å². The molecule has 0 amide bonds. The number of thioether (sulfide) groups is 2. The van der Waals surface area contributed by atoms with E-state index in [1.807, 2.05) is 18.4 Å². The van der Waals surface area contributed by atoms with Crippen molar-refractivity contribution in [3.63, 3.8) is 0 Å². The van der Waals surface area contributed by atoms with Crippen LogP contribution in [0.3, 0.4) is 0 Å². The molecular formula is C9H12OS2. The maximum absolute atomic E-state index is 9.24. The average molecular weight is 200 g/mol. The van der Waals surface area contributed by atoms with Gasteiger partial charge in [0.2, 0.25) is 0 Å². The molecule has 0 aliphatic heterocycles. The molecule has 1 rings (SSSR count). The Morgan fingerprint density at radius 3 is 2.67 bits per heavy atom. The highest BCUT2D eigenvalue weighted by Gasteiger charge is 2.01. The molecule has 1 N–H and O–H groups in total. The minimum Gasteiger partial charge on any atom is -0.508 e. The van der Waals surface area contributed by atoms with Crippen LogP contribution in [0.5, 0.6) is 5.75 Å². The van der Waals surface area contributed by atoms with E-state index < -0.39 is 0 Å². The van der Waals surface area contributed by atoms with Crippen molar-refractivity contribution in [3.8, 4) is 5.75 Å². The van der Waals surface area contributed by atoms with E-state index in [0.29, 0.717) is 5.75 Å². The summed E-state index contributed by atoms with van der Waals surface area (Å²) in [7, 11) is 0. The summed E-state index contributed by atoms with van der Waals surface area (Å²) in [4.78, 5) is 2.41. The van der Waals surface area contributed by atoms with Crippen molar-refractivity contribution in [2.45, 2.75) is 16.7 Å². The Hall–Kier alpha value is -0.280. The van der Waals surface area contributed by atoms with Gasteiger partial charge in [-0.25, -0.2) is 0 Å². The predicted octanol–water partition coefficient (Wildman–Crippen LogP) is 3.23. The molecule has 66 valence electrons. The van der Waals surface area contributed by atoms with Gasteiger partial charge in [0.05, 0.1) is 0 Å². The monoisotopic (exact) mass is 200 g/mol. The minimum atomic E-state index is 0.351. The van der Waals surface area contributed by atoms with Crippen molar-refractivity contribution in [2.75, 3.05) is 12.0 Å². The number of benzene rings is 1. The fourth-order valence-corrected chi connectivity index (χ4v) is 2.55. The van der Waals surface area contributed by atoms with Gasteiger partial charge in [0, 0.05) is 9.79 Å². The molecule has 1 nitrogen and oxygen atoms in total. The summed E-state index contributed by atoms with van der Waals surface area (Å²) >= 11 is 3.47. The molecule has 12 heavy (non-hydrogen) atoms. The molecule has 0 saturated carbocycles. The van der Waals surface area contributed by atoms with Gasteiger partial charge in [-0.2, -0.15) is 0 Å². The van der Waals surface area contributed by atoms with Gasteiger partial charge in [-0.1, -0.05) is 6.92 Å².